The third-order valence-corrected chi connectivity index (χ3v) is 5.40. The summed E-state index contributed by atoms with van der Waals surface area (Å²) < 4.78 is 0. The van der Waals surface area contributed by atoms with E-state index in [1.807, 2.05) is 20.8 Å². The molecule has 0 aliphatic heterocycles. The molecule has 5 unspecified atom stereocenters. The number of carbonyl (C=O) groups excluding carboxylic acids is 4. The van der Waals surface area contributed by atoms with Crippen LogP contribution in [0.4, 0.5) is 0 Å². The predicted octanol–water partition coefficient (Wildman–Crippen LogP) is -0.134. The van der Waals surface area contributed by atoms with Gasteiger partial charge in [0.2, 0.25) is 23.6 Å². The van der Waals surface area contributed by atoms with Crippen LogP contribution in [0.25, 0.3) is 0 Å². The van der Waals surface area contributed by atoms with E-state index < -0.39 is 53.8 Å². The van der Waals surface area contributed by atoms with E-state index in [1.54, 1.807) is 20.8 Å². The second kappa shape index (κ2) is 14.5. The van der Waals surface area contributed by atoms with Crippen LogP contribution in [0.2, 0.25) is 0 Å². The number of hydrogen-bond acceptors (Lipinski definition) is 6. The molecule has 11 heteroatoms. The second-order valence-corrected chi connectivity index (χ2v) is 9.24. The van der Waals surface area contributed by atoms with Gasteiger partial charge in [-0.1, -0.05) is 48.0 Å². The van der Waals surface area contributed by atoms with Crippen molar-refractivity contribution < 1.29 is 29.1 Å². The Hall–Kier alpha value is -2.69. The van der Waals surface area contributed by atoms with Gasteiger partial charge in [0.15, 0.2) is 0 Å². The summed E-state index contributed by atoms with van der Waals surface area (Å²) in [6.45, 7) is 10.7. The van der Waals surface area contributed by atoms with Crippen molar-refractivity contribution >= 4 is 29.6 Å². The molecule has 0 aromatic carbocycles. The minimum absolute atomic E-state index is 0.0695. The van der Waals surface area contributed by atoms with E-state index in [2.05, 4.69) is 16.0 Å². The van der Waals surface area contributed by atoms with Crippen molar-refractivity contribution in [2.75, 3.05) is 0 Å². The fourth-order valence-electron chi connectivity index (χ4n) is 3.16. The van der Waals surface area contributed by atoms with Gasteiger partial charge in [0, 0.05) is 6.42 Å². The first-order valence-corrected chi connectivity index (χ1v) is 11.4. The first-order chi connectivity index (χ1) is 15.2. The molecular weight excluding hydrogens is 430 g/mol. The van der Waals surface area contributed by atoms with Crippen LogP contribution < -0.4 is 27.4 Å². The molecule has 0 heterocycles. The standard InChI is InChI=1S/C22H41N5O6/c1-7-13(6)18(21(31)26-17(12(4)5)22(32)33)27-20(30)15(8-9-16(24)28)25-19(29)14(23)10-11(2)3/h11-15,17-18H,7-10,23H2,1-6H3,(H2,24,28)(H,25,29)(H,26,31)(H,27,30)(H,32,33). The van der Waals surface area contributed by atoms with Gasteiger partial charge in [-0.2, -0.15) is 0 Å². The van der Waals surface area contributed by atoms with E-state index in [0.29, 0.717) is 12.8 Å². The Morgan fingerprint density at radius 1 is 0.848 bits per heavy atom. The number of carboxylic acids is 1. The van der Waals surface area contributed by atoms with Crippen LogP contribution in [0.5, 0.6) is 0 Å². The number of carbonyl (C=O) groups is 5. The van der Waals surface area contributed by atoms with Crippen LogP contribution in [0.15, 0.2) is 0 Å². The van der Waals surface area contributed by atoms with E-state index in [1.165, 1.54) is 0 Å². The van der Waals surface area contributed by atoms with Gasteiger partial charge in [-0.05, 0) is 30.6 Å². The van der Waals surface area contributed by atoms with Crippen LogP contribution >= 0.6 is 0 Å². The topological polar surface area (TPSA) is 194 Å². The lowest BCUT2D eigenvalue weighted by atomic mass is 9.96. The van der Waals surface area contributed by atoms with Gasteiger partial charge >= 0.3 is 5.97 Å². The van der Waals surface area contributed by atoms with Gasteiger partial charge in [0.05, 0.1) is 6.04 Å². The molecule has 0 rings (SSSR count). The fourth-order valence-corrected chi connectivity index (χ4v) is 3.16. The van der Waals surface area contributed by atoms with Crippen molar-refractivity contribution in [1.29, 1.82) is 0 Å². The molecular formula is C22H41N5O6. The van der Waals surface area contributed by atoms with Crippen molar-refractivity contribution in [3.63, 3.8) is 0 Å². The minimum atomic E-state index is -1.18. The normalized spacial score (nSPS) is 15.8. The number of carboxylic acid groups (broad SMARTS) is 1. The number of amides is 4. The molecule has 190 valence electrons. The number of rotatable bonds is 15. The zero-order chi connectivity index (χ0) is 25.9. The first kappa shape index (κ1) is 30.3. The largest absolute Gasteiger partial charge is 0.480 e. The van der Waals surface area contributed by atoms with Gasteiger partial charge < -0.3 is 32.5 Å². The van der Waals surface area contributed by atoms with Crippen molar-refractivity contribution in [2.24, 2.45) is 29.2 Å². The Balaban J connectivity index is 5.61. The summed E-state index contributed by atoms with van der Waals surface area (Å²) >= 11 is 0. The third kappa shape index (κ3) is 11.1. The lowest BCUT2D eigenvalue weighted by Crippen LogP contribution is -2.59. The van der Waals surface area contributed by atoms with Gasteiger partial charge in [-0.25, -0.2) is 4.79 Å². The van der Waals surface area contributed by atoms with Crippen LogP contribution in [0.3, 0.4) is 0 Å². The maximum absolute atomic E-state index is 13.0. The molecule has 0 aromatic rings. The molecule has 33 heavy (non-hydrogen) atoms. The smallest absolute Gasteiger partial charge is 0.326 e. The van der Waals surface area contributed by atoms with E-state index in [-0.39, 0.29) is 30.6 Å². The van der Waals surface area contributed by atoms with Gasteiger partial charge in [0.25, 0.3) is 0 Å². The van der Waals surface area contributed by atoms with Crippen LogP contribution in [-0.4, -0.2) is 58.9 Å². The van der Waals surface area contributed by atoms with Crippen LogP contribution in [0.1, 0.15) is 67.2 Å². The Bertz CT molecular complexity index is 697. The number of aliphatic carboxylic acids is 1. The highest BCUT2D eigenvalue weighted by molar-refractivity contribution is 5.94. The molecule has 0 aliphatic carbocycles. The lowest BCUT2D eigenvalue weighted by Gasteiger charge is -2.28. The van der Waals surface area contributed by atoms with Crippen molar-refractivity contribution in [3.05, 3.63) is 0 Å². The molecule has 0 saturated heterocycles. The quantitative estimate of drug-likeness (QED) is 0.191. The molecule has 0 bridgehead atoms. The Labute approximate surface area is 195 Å². The van der Waals surface area contributed by atoms with Crippen LogP contribution in [-0.2, 0) is 24.0 Å². The lowest BCUT2D eigenvalue weighted by molar-refractivity contribution is -0.144. The van der Waals surface area contributed by atoms with E-state index in [9.17, 15) is 29.1 Å². The molecule has 0 fully saturated rings. The Kier molecular flexibility index (Phi) is 13.3. The van der Waals surface area contributed by atoms with Crippen LogP contribution in [0, 0.1) is 17.8 Å². The number of nitrogens with one attached hydrogen (secondary N) is 3. The molecule has 0 radical (unpaired) electrons. The molecule has 4 amide bonds. The summed E-state index contributed by atoms with van der Waals surface area (Å²) in [6, 6.07) is -4.14. The monoisotopic (exact) mass is 471 g/mol. The number of nitrogens with two attached hydrogens (primary N) is 2. The summed E-state index contributed by atoms with van der Waals surface area (Å²) in [6.07, 6.45) is 0.696. The highest BCUT2D eigenvalue weighted by Gasteiger charge is 2.33. The summed E-state index contributed by atoms with van der Waals surface area (Å²) in [5.41, 5.74) is 11.1. The number of primary amides is 1. The molecule has 0 spiro atoms. The van der Waals surface area contributed by atoms with E-state index in [0.717, 1.165) is 0 Å². The summed E-state index contributed by atoms with van der Waals surface area (Å²) in [5, 5.41) is 17.0. The highest BCUT2D eigenvalue weighted by atomic mass is 16.4. The third-order valence-electron chi connectivity index (χ3n) is 5.40. The molecule has 0 aliphatic rings. The van der Waals surface area contributed by atoms with Crippen molar-refractivity contribution in [1.82, 2.24) is 16.0 Å². The molecule has 8 N–H and O–H groups in total. The summed E-state index contributed by atoms with van der Waals surface area (Å²) in [7, 11) is 0. The average Bonchev–Trinajstić information content (AvgIpc) is 2.70. The van der Waals surface area contributed by atoms with Crippen molar-refractivity contribution in [2.45, 2.75) is 91.4 Å². The molecule has 0 saturated carbocycles. The number of hydrogen-bond donors (Lipinski definition) is 6. The fraction of sp³-hybridized carbons (Fsp3) is 0.773. The zero-order valence-corrected chi connectivity index (χ0v) is 20.5. The maximum Gasteiger partial charge on any atom is 0.326 e. The molecule has 0 aromatic heterocycles. The van der Waals surface area contributed by atoms with Gasteiger partial charge in [-0.3, -0.25) is 19.2 Å². The Morgan fingerprint density at radius 3 is 1.82 bits per heavy atom. The first-order valence-electron chi connectivity index (χ1n) is 11.4. The molecule has 5 atom stereocenters. The molecule has 11 nitrogen and oxygen atoms in total. The Morgan fingerprint density at radius 2 is 1.39 bits per heavy atom. The van der Waals surface area contributed by atoms with Gasteiger partial charge in [0.1, 0.15) is 18.1 Å². The maximum atomic E-state index is 13.0. The second-order valence-electron chi connectivity index (χ2n) is 9.24. The predicted molar refractivity (Wildman–Crippen MR) is 124 cm³/mol. The average molecular weight is 472 g/mol. The summed E-state index contributed by atoms with van der Waals surface area (Å²) in [4.78, 5) is 61.1. The SMILES string of the molecule is CCC(C)C(NC(=O)C(CCC(N)=O)NC(=O)C(N)CC(C)C)C(=O)NC(C(=O)O)C(C)C. The highest BCUT2D eigenvalue weighted by Crippen LogP contribution is 2.12. The summed E-state index contributed by atoms with van der Waals surface area (Å²) in [5.74, 6) is -4.25. The van der Waals surface area contributed by atoms with E-state index >= 15 is 0 Å². The van der Waals surface area contributed by atoms with E-state index in [4.69, 9.17) is 11.5 Å². The zero-order valence-electron chi connectivity index (χ0n) is 20.5. The van der Waals surface area contributed by atoms with Crippen molar-refractivity contribution in [3.8, 4) is 0 Å². The minimum Gasteiger partial charge on any atom is -0.480 e. The van der Waals surface area contributed by atoms with Gasteiger partial charge in [-0.15, -0.1) is 0 Å².